The molecule has 0 aromatic rings. The van der Waals surface area contributed by atoms with Gasteiger partial charge in [0.15, 0.2) is 0 Å². The van der Waals surface area contributed by atoms with Crippen molar-refractivity contribution >= 4 is 23.6 Å². The molecule has 0 unspecified atom stereocenters. The summed E-state index contributed by atoms with van der Waals surface area (Å²) in [7, 11) is 0. The van der Waals surface area contributed by atoms with Crippen LogP contribution in [-0.2, 0) is 19.2 Å². The second kappa shape index (κ2) is 31.5. The number of hydrogen-bond donors (Lipinski definition) is 4. The molecule has 0 fully saturated rings. The number of nitrogens with two attached hydrogens (primary N) is 1. The van der Waals surface area contributed by atoms with E-state index in [-0.39, 0.29) is 5.91 Å². The fourth-order valence-corrected chi connectivity index (χ4v) is 5.44. The molecule has 0 aliphatic heterocycles. The van der Waals surface area contributed by atoms with Crippen molar-refractivity contribution in [2.24, 2.45) is 5.73 Å². The number of aliphatic carboxylic acids is 2. The molecule has 0 heterocycles. The van der Waals surface area contributed by atoms with Crippen LogP contribution in [0.2, 0.25) is 0 Å². The number of unbranched alkanes of at least 4 members (excludes halogenated alkanes) is 21. The van der Waals surface area contributed by atoms with Gasteiger partial charge in [-0.05, 0) is 44.9 Å². The Kier molecular flexibility index (Phi) is 30.0. The van der Waals surface area contributed by atoms with Crippen molar-refractivity contribution in [1.29, 1.82) is 0 Å². The molecule has 0 aromatic heterocycles. The predicted octanol–water partition coefficient (Wildman–Crippen LogP) is 8.48. The Labute approximate surface area is 262 Å². The van der Waals surface area contributed by atoms with Crippen LogP contribution in [-0.4, -0.2) is 46.4 Å². The lowest BCUT2D eigenvalue weighted by atomic mass is 10.0. The van der Waals surface area contributed by atoms with Gasteiger partial charge in [-0.25, -0.2) is 0 Å². The minimum absolute atomic E-state index is 0.0614. The second-order valence-electron chi connectivity index (χ2n) is 12.5. The van der Waals surface area contributed by atoms with Crippen LogP contribution < -0.4 is 11.1 Å². The summed E-state index contributed by atoms with van der Waals surface area (Å²) in [6, 6.07) is -0.816. The SMILES string of the molecule is N[C@@H](CCCCNC(=O)CCCCCCCCC(=O)CCCCCCCCCCCCCCCCCCC(=O)O)C(=O)O. The maximum Gasteiger partial charge on any atom is 0.320 e. The van der Waals surface area contributed by atoms with Gasteiger partial charge < -0.3 is 21.3 Å². The highest BCUT2D eigenvalue weighted by Gasteiger charge is 2.10. The Hall–Kier alpha value is -1.96. The molecule has 0 aromatic carbocycles. The molecule has 1 amide bonds. The molecular weight excluding hydrogens is 544 g/mol. The van der Waals surface area contributed by atoms with Crippen LogP contribution in [0, 0.1) is 0 Å². The summed E-state index contributed by atoms with van der Waals surface area (Å²) in [6.45, 7) is 0.573. The van der Waals surface area contributed by atoms with Gasteiger partial charge in [-0.2, -0.15) is 0 Å². The van der Waals surface area contributed by atoms with Crippen LogP contribution in [0.3, 0.4) is 0 Å². The van der Waals surface area contributed by atoms with Gasteiger partial charge in [-0.1, -0.05) is 116 Å². The monoisotopic (exact) mass is 610 g/mol. The number of ketones is 1. The number of carboxylic acids is 2. The Morgan fingerprint density at radius 2 is 0.814 bits per heavy atom. The minimum Gasteiger partial charge on any atom is -0.481 e. The first-order chi connectivity index (χ1) is 20.8. The molecule has 1 atom stereocenters. The summed E-state index contributed by atoms with van der Waals surface area (Å²) in [4.78, 5) is 45.1. The molecule has 0 saturated carbocycles. The second-order valence-corrected chi connectivity index (χ2v) is 12.5. The summed E-state index contributed by atoms with van der Waals surface area (Å²) in [5.41, 5.74) is 5.46. The highest BCUT2D eigenvalue weighted by Crippen LogP contribution is 2.15. The molecule has 0 rings (SSSR count). The van der Waals surface area contributed by atoms with E-state index in [1.165, 1.54) is 83.5 Å². The molecule has 0 aliphatic carbocycles. The van der Waals surface area contributed by atoms with Gasteiger partial charge in [0, 0.05) is 32.2 Å². The van der Waals surface area contributed by atoms with Crippen LogP contribution in [0.1, 0.15) is 186 Å². The molecule has 43 heavy (non-hydrogen) atoms. The largest absolute Gasteiger partial charge is 0.481 e. The van der Waals surface area contributed by atoms with Crippen molar-refractivity contribution in [3.8, 4) is 0 Å². The van der Waals surface area contributed by atoms with E-state index in [9.17, 15) is 19.2 Å². The number of carboxylic acid groups (broad SMARTS) is 2. The van der Waals surface area contributed by atoms with Crippen molar-refractivity contribution in [2.45, 2.75) is 192 Å². The number of carbonyl (C=O) groups excluding carboxylic acids is 2. The molecular formula is C35H66N2O6. The van der Waals surface area contributed by atoms with Crippen LogP contribution in [0.5, 0.6) is 0 Å². The fourth-order valence-electron chi connectivity index (χ4n) is 5.44. The number of nitrogens with one attached hydrogen (secondary N) is 1. The van der Waals surface area contributed by atoms with Crippen molar-refractivity contribution in [3.05, 3.63) is 0 Å². The highest BCUT2D eigenvalue weighted by atomic mass is 16.4. The third-order valence-corrected chi connectivity index (χ3v) is 8.29. The van der Waals surface area contributed by atoms with Gasteiger partial charge in [-0.15, -0.1) is 0 Å². The predicted molar refractivity (Wildman–Crippen MR) is 175 cm³/mol. The third kappa shape index (κ3) is 32.8. The average molecular weight is 611 g/mol. The maximum atomic E-state index is 12.1. The first kappa shape index (κ1) is 41.0. The van der Waals surface area contributed by atoms with E-state index < -0.39 is 18.0 Å². The van der Waals surface area contributed by atoms with Crippen molar-refractivity contribution < 1.29 is 29.4 Å². The average Bonchev–Trinajstić information content (AvgIpc) is 2.97. The highest BCUT2D eigenvalue weighted by molar-refractivity contribution is 5.78. The van der Waals surface area contributed by atoms with Crippen molar-refractivity contribution in [1.82, 2.24) is 5.32 Å². The molecule has 8 nitrogen and oxygen atoms in total. The van der Waals surface area contributed by atoms with Crippen LogP contribution in [0.25, 0.3) is 0 Å². The molecule has 0 spiro atoms. The summed E-state index contributed by atoms with van der Waals surface area (Å²) < 4.78 is 0. The molecule has 5 N–H and O–H groups in total. The van der Waals surface area contributed by atoms with Crippen LogP contribution in [0.4, 0.5) is 0 Å². The van der Waals surface area contributed by atoms with E-state index >= 15 is 0 Å². The number of hydrogen-bond acceptors (Lipinski definition) is 5. The van der Waals surface area contributed by atoms with E-state index in [0.717, 1.165) is 70.6 Å². The maximum absolute atomic E-state index is 12.1. The summed E-state index contributed by atoms with van der Waals surface area (Å²) in [5.74, 6) is -1.18. The zero-order chi connectivity index (χ0) is 31.8. The van der Waals surface area contributed by atoms with Gasteiger partial charge in [0.2, 0.25) is 5.91 Å². The molecule has 8 heteroatoms. The Morgan fingerprint density at radius 1 is 0.465 bits per heavy atom. The standard InChI is InChI=1S/C35H66N2O6/c36-32(35(42)43)27-23-24-30-37-33(39)28-21-17-14-13-16-20-26-31(38)25-19-15-11-9-7-5-3-1-2-4-6-8-10-12-18-22-29-34(40)41/h32H,1-30,36H2,(H,37,39)(H,40,41)(H,42,43)/t32-/m0/s1. The van der Waals surface area contributed by atoms with Crippen molar-refractivity contribution in [3.63, 3.8) is 0 Å². The van der Waals surface area contributed by atoms with E-state index in [1.54, 1.807) is 0 Å². The first-order valence-electron chi connectivity index (χ1n) is 17.8. The van der Waals surface area contributed by atoms with E-state index in [1.807, 2.05) is 0 Å². The summed E-state index contributed by atoms with van der Waals surface area (Å²) in [6.07, 6.45) is 30.1. The van der Waals surface area contributed by atoms with Gasteiger partial charge in [-0.3, -0.25) is 19.2 Å². The molecule has 0 bridgehead atoms. The summed E-state index contributed by atoms with van der Waals surface area (Å²) in [5, 5.41) is 20.3. The zero-order valence-corrected chi connectivity index (χ0v) is 27.4. The number of Topliss-reactive ketones (excluding diaryl/α,β-unsaturated/α-hetero) is 1. The Bertz CT molecular complexity index is 700. The Balaban J connectivity index is 3.27. The van der Waals surface area contributed by atoms with E-state index in [2.05, 4.69) is 5.32 Å². The fraction of sp³-hybridized carbons (Fsp3) is 0.886. The van der Waals surface area contributed by atoms with Crippen LogP contribution >= 0.6 is 0 Å². The smallest absolute Gasteiger partial charge is 0.320 e. The van der Waals surface area contributed by atoms with Gasteiger partial charge in [0.1, 0.15) is 11.8 Å². The lowest BCUT2D eigenvalue weighted by Gasteiger charge is -2.07. The van der Waals surface area contributed by atoms with Crippen molar-refractivity contribution in [2.75, 3.05) is 6.54 Å². The molecule has 0 radical (unpaired) electrons. The lowest BCUT2D eigenvalue weighted by Crippen LogP contribution is -2.30. The Morgan fingerprint density at radius 3 is 1.19 bits per heavy atom. The molecule has 0 saturated heterocycles. The summed E-state index contributed by atoms with van der Waals surface area (Å²) >= 11 is 0. The third-order valence-electron chi connectivity index (χ3n) is 8.29. The number of carbonyl (C=O) groups is 4. The van der Waals surface area contributed by atoms with Crippen LogP contribution in [0.15, 0.2) is 0 Å². The number of rotatable bonds is 34. The number of amides is 1. The first-order valence-corrected chi connectivity index (χ1v) is 17.8. The van der Waals surface area contributed by atoms with Gasteiger partial charge >= 0.3 is 11.9 Å². The lowest BCUT2D eigenvalue weighted by molar-refractivity contribution is -0.139. The van der Waals surface area contributed by atoms with E-state index in [0.29, 0.717) is 44.4 Å². The molecule has 252 valence electrons. The van der Waals surface area contributed by atoms with E-state index in [4.69, 9.17) is 15.9 Å². The van der Waals surface area contributed by atoms with Gasteiger partial charge in [0.25, 0.3) is 0 Å². The molecule has 0 aliphatic rings. The normalized spacial score (nSPS) is 11.8. The topological polar surface area (TPSA) is 147 Å². The van der Waals surface area contributed by atoms with Gasteiger partial charge in [0.05, 0.1) is 0 Å². The minimum atomic E-state index is -0.978. The zero-order valence-electron chi connectivity index (χ0n) is 27.4. The quantitative estimate of drug-likeness (QED) is 0.0534.